The van der Waals surface area contributed by atoms with Crippen molar-refractivity contribution in [2.45, 2.75) is 37.5 Å². The summed E-state index contributed by atoms with van der Waals surface area (Å²) >= 11 is 0. The van der Waals surface area contributed by atoms with Crippen LogP contribution in [0.25, 0.3) is 5.69 Å². The lowest BCUT2D eigenvalue weighted by Gasteiger charge is -2.19. The van der Waals surface area contributed by atoms with Gasteiger partial charge in [0.2, 0.25) is 0 Å². The molecule has 3 atom stereocenters. The minimum atomic E-state index is -0.345. The van der Waals surface area contributed by atoms with Crippen LogP contribution in [0.4, 0.5) is 4.39 Å². The second-order valence-corrected chi connectivity index (χ2v) is 7.12. The Morgan fingerprint density at radius 2 is 2.10 bits per heavy atom. The van der Waals surface area contributed by atoms with Gasteiger partial charge in [0, 0.05) is 18.0 Å². The molecule has 1 unspecified atom stereocenters. The molecule has 1 aromatic carbocycles. The van der Waals surface area contributed by atoms with E-state index in [0.29, 0.717) is 17.0 Å². The second-order valence-electron chi connectivity index (χ2n) is 7.12. The number of para-hydroxylation sites is 1. The molecule has 3 aliphatic rings. The molecule has 0 saturated heterocycles. The average molecular weight is 284 g/mol. The summed E-state index contributed by atoms with van der Waals surface area (Å²) in [5.41, 5.74) is 2.96. The van der Waals surface area contributed by atoms with Gasteiger partial charge < -0.3 is 0 Å². The van der Waals surface area contributed by atoms with E-state index in [1.165, 1.54) is 29.3 Å². The van der Waals surface area contributed by atoms with Crippen LogP contribution in [0.2, 0.25) is 0 Å². The third kappa shape index (κ3) is 1.02. The maximum absolute atomic E-state index is 14.1. The summed E-state index contributed by atoms with van der Waals surface area (Å²) in [5, 5.41) is 0. The Morgan fingerprint density at radius 1 is 1.33 bits per heavy atom. The summed E-state index contributed by atoms with van der Waals surface area (Å²) in [5.74, 6) is 0.0292. The molecule has 0 radical (unpaired) electrons. The quantitative estimate of drug-likeness (QED) is 0.791. The molecule has 2 aromatic rings. The van der Waals surface area contributed by atoms with Crippen molar-refractivity contribution < 1.29 is 4.39 Å². The smallest absolute Gasteiger partial charge is 0.275 e. The first-order valence-corrected chi connectivity index (χ1v) is 7.58. The summed E-state index contributed by atoms with van der Waals surface area (Å²) in [6.45, 7) is 2.32. The lowest BCUT2D eigenvalue weighted by atomic mass is 9.86. The van der Waals surface area contributed by atoms with E-state index >= 15 is 0 Å². The van der Waals surface area contributed by atoms with Gasteiger partial charge in [-0.2, -0.15) is 0 Å². The zero-order valence-electron chi connectivity index (χ0n) is 12.2. The van der Waals surface area contributed by atoms with Crippen LogP contribution >= 0.6 is 0 Å². The van der Waals surface area contributed by atoms with Crippen LogP contribution in [0.5, 0.6) is 0 Å². The minimum Gasteiger partial charge on any atom is -0.284 e. The number of halogens is 1. The Kier molecular flexibility index (Phi) is 1.77. The average Bonchev–Trinajstić information content (AvgIpc) is 2.70. The first kappa shape index (κ1) is 11.8. The fourth-order valence-corrected chi connectivity index (χ4v) is 5.46. The number of nitrogens with zero attached hydrogens (tertiary/aromatic N) is 2. The van der Waals surface area contributed by atoms with Crippen molar-refractivity contribution >= 4 is 0 Å². The fraction of sp³-hybridized carbons (Fsp3) is 0.471. The van der Waals surface area contributed by atoms with Gasteiger partial charge in [-0.05, 0) is 42.7 Å². The van der Waals surface area contributed by atoms with E-state index in [1.54, 1.807) is 18.2 Å². The summed E-state index contributed by atoms with van der Waals surface area (Å²) in [6.07, 6.45) is 3.47. The van der Waals surface area contributed by atoms with E-state index in [1.807, 2.05) is 11.7 Å². The van der Waals surface area contributed by atoms with Crippen LogP contribution in [0.3, 0.4) is 0 Å². The topological polar surface area (TPSA) is 26.9 Å². The first-order valence-electron chi connectivity index (χ1n) is 7.58. The van der Waals surface area contributed by atoms with Gasteiger partial charge in [-0.3, -0.25) is 9.48 Å². The Labute approximate surface area is 122 Å². The highest BCUT2D eigenvalue weighted by atomic mass is 19.1. The normalized spacial score (nSPS) is 34.9. The lowest BCUT2D eigenvalue weighted by Crippen LogP contribution is -2.24. The fourth-order valence-electron chi connectivity index (χ4n) is 5.46. The molecule has 1 heterocycles. The number of hydrogen-bond acceptors (Lipinski definition) is 1. The Morgan fingerprint density at radius 3 is 2.76 bits per heavy atom. The maximum atomic E-state index is 14.1. The van der Waals surface area contributed by atoms with Gasteiger partial charge in [0.1, 0.15) is 11.5 Å². The highest BCUT2D eigenvalue weighted by molar-refractivity contribution is 5.55. The van der Waals surface area contributed by atoms with Gasteiger partial charge in [-0.1, -0.05) is 19.1 Å². The molecule has 0 spiro atoms. The molecule has 2 fully saturated rings. The SMILES string of the molecule is Cn1c2c(c(=O)n1-c1ccccc1F)[C@H]1CC[C@@]23CC13C. The number of fused-ring (bicyclic) bond motifs is 2. The predicted octanol–water partition coefficient (Wildman–Crippen LogP) is 2.85. The van der Waals surface area contributed by atoms with Crippen LogP contribution in [-0.4, -0.2) is 9.36 Å². The molecular formula is C17H17FN2O. The molecule has 108 valence electrons. The Bertz CT molecular complexity index is 860. The zero-order chi connectivity index (χ0) is 14.6. The van der Waals surface area contributed by atoms with Crippen molar-refractivity contribution in [1.82, 2.24) is 9.36 Å². The molecule has 5 rings (SSSR count). The first-order chi connectivity index (χ1) is 10.0. The third-order valence-corrected chi connectivity index (χ3v) is 6.45. The minimum absolute atomic E-state index is 0.0184. The molecule has 0 amide bonds. The van der Waals surface area contributed by atoms with Crippen molar-refractivity contribution in [3.8, 4) is 5.69 Å². The number of aromatic nitrogens is 2. The number of benzene rings is 1. The summed E-state index contributed by atoms with van der Waals surface area (Å²) in [7, 11) is 1.90. The Balaban J connectivity index is 1.84. The van der Waals surface area contributed by atoms with Crippen molar-refractivity contribution in [3.63, 3.8) is 0 Å². The van der Waals surface area contributed by atoms with E-state index in [0.717, 1.165) is 12.0 Å². The van der Waals surface area contributed by atoms with Gasteiger partial charge in [-0.25, -0.2) is 9.07 Å². The van der Waals surface area contributed by atoms with Crippen LogP contribution < -0.4 is 5.56 Å². The zero-order valence-corrected chi connectivity index (χ0v) is 12.2. The monoisotopic (exact) mass is 284 g/mol. The molecule has 0 N–H and O–H groups in total. The standard InChI is InChI=1S/C17H17FN2O/c1-16-9-17(16)8-7-10(16)13-14(17)19(2)20(15(13)21)12-6-4-3-5-11(12)18/h3-6,10H,7-9H2,1-2H3/t10-,16?,17-/m1/s1. The maximum Gasteiger partial charge on any atom is 0.275 e. The summed E-state index contributed by atoms with van der Waals surface area (Å²) in [6, 6.07) is 6.52. The van der Waals surface area contributed by atoms with Gasteiger partial charge in [-0.15, -0.1) is 0 Å². The van der Waals surface area contributed by atoms with Gasteiger partial charge >= 0.3 is 0 Å². The van der Waals surface area contributed by atoms with Crippen LogP contribution in [-0.2, 0) is 12.5 Å². The number of rotatable bonds is 1. The van der Waals surface area contributed by atoms with Crippen LogP contribution in [0.1, 0.15) is 43.4 Å². The second kappa shape index (κ2) is 3.16. The molecule has 4 heteroatoms. The molecule has 3 nitrogen and oxygen atoms in total. The van der Waals surface area contributed by atoms with Crippen molar-refractivity contribution in [2.75, 3.05) is 0 Å². The molecule has 2 saturated carbocycles. The van der Waals surface area contributed by atoms with Crippen molar-refractivity contribution in [1.29, 1.82) is 0 Å². The number of hydrogen-bond donors (Lipinski definition) is 0. The van der Waals surface area contributed by atoms with E-state index in [4.69, 9.17) is 0 Å². The van der Waals surface area contributed by atoms with E-state index in [9.17, 15) is 9.18 Å². The molecular weight excluding hydrogens is 267 g/mol. The molecule has 3 aliphatic carbocycles. The highest BCUT2D eigenvalue weighted by Crippen LogP contribution is 2.83. The van der Waals surface area contributed by atoms with Crippen molar-refractivity contribution in [3.05, 3.63) is 51.7 Å². The van der Waals surface area contributed by atoms with Gasteiger partial charge in [0.05, 0.1) is 5.69 Å². The van der Waals surface area contributed by atoms with E-state index < -0.39 is 0 Å². The van der Waals surface area contributed by atoms with E-state index in [-0.39, 0.29) is 16.8 Å². The summed E-state index contributed by atoms with van der Waals surface area (Å²) < 4.78 is 17.6. The Hall–Kier alpha value is -1.84. The van der Waals surface area contributed by atoms with Crippen molar-refractivity contribution in [2.24, 2.45) is 12.5 Å². The predicted molar refractivity (Wildman–Crippen MR) is 77.3 cm³/mol. The largest absolute Gasteiger partial charge is 0.284 e. The molecule has 21 heavy (non-hydrogen) atoms. The third-order valence-electron chi connectivity index (χ3n) is 6.45. The summed E-state index contributed by atoms with van der Waals surface area (Å²) in [4.78, 5) is 12.9. The lowest BCUT2D eigenvalue weighted by molar-refractivity contribution is 0.468. The van der Waals surface area contributed by atoms with Gasteiger partial charge in [0.15, 0.2) is 0 Å². The van der Waals surface area contributed by atoms with Crippen LogP contribution in [0.15, 0.2) is 29.1 Å². The molecule has 2 bridgehead atoms. The highest BCUT2D eigenvalue weighted by Gasteiger charge is 2.78. The van der Waals surface area contributed by atoms with E-state index in [2.05, 4.69) is 6.92 Å². The van der Waals surface area contributed by atoms with Gasteiger partial charge in [0.25, 0.3) is 5.56 Å². The molecule has 1 aromatic heterocycles. The molecule has 0 aliphatic heterocycles. The van der Waals surface area contributed by atoms with Crippen LogP contribution in [0, 0.1) is 11.2 Å².